The number of anilines is 1. The summed E-state index contributed by atoms with van der Waals surface area (Å²) in [6.07, 6.45) is 0.488. The Labute approximate surface area is 166 Å². The fraction of sp³-hybridized carbons (Fsp3) is 0.364. The van der Waals surface area contributed by atoms with Crippen LogP contribution in [0.3, 0.4) is 0 Å². The maximum absolute atomic E-state index is 12.5. The highest BCUT2D eigenvalue weighted by molar-refractivity contribution is 6.32. The molecule has 0 spiro atoms. The Hall–Kier alpha value is -2.51. The Morgan fingerprint density at radius 2 is 2.04 bits per heavy atom. The number of carbonyl (C=O) groups is 1. The third-order valence-electron chi connectivity index (χ3n) is 5.21. The molecule has 27 heavy (non-hydrogen) atoms. The van der Waals surface area contributed by atoms with Crippen LogP contribution in [0.4, 0.5) is 5.69 Å². The van der Waals surface area contributed by atoms with Gasteiger partial charge in [0, 0.05) is 31.2 Å². The summed E-state index contributed by atoms with van der Waals surface area (Å²) < 4.78 is 0. The first kappa shape index (κ1) is 19.3. The van der Waals surface area contributed by atoms with Gasteiger partial charge in [-0.15, -0.1) is 0 Å². The van der Waals surface area contributed by atoms with E-state index in [4.69, 9.17) is 16.9 Å². The zero-order valence-electron chi connectivity index (χ0n) is 15.9. The second-order valence-electron chi connectivity index (χ2n) is 7.33. The van der Waals surface area contributed by atoms with E-state index in [2.05, 4.69) is 30.0 Å². The van der Waals surface area contributed by atoms with Gasteiger partial charge < -0.3 is 9.80 Å². The summed E-state index contributed by atoms with van der Waals surface area (Å²) in [5.74, 6) is 0.185. The highest BCUT2D eigenvalue weighted by Gasteiger charge is 2.35. The molecular formula is C22H24ClN3O. The molecule has 0 radical (unpaired) electrons. The lowest BCUT2D eigenvalue weighted by atomic mass is 10.1. The Bertz CT molecular complexity index is 887. The summed E-state index contributed by atoms with van der Waals surface area (Å²) >= 11 is 6.30. The first-order chi connectivity index (χ1) is 12.9. The Balaban J connectivity index is 1.97. The molecule has 0 N–H and O–H groups in total. The minimum absolute atomic E-state index is 0.0727. The van der Waals surface area contributed by atoms with Crippen molar-refractivity contribution in [2.24, 2.45) is 0 Å². The van der Waals surface area contributed by atoms with Crippen LogP contribution < -0.4 is 4.90 Å². The molecule has 1 amide bonds. The minimum atomic E-state index is 0.0727. The number of carbonyl (C=O) groups excluding carboxylic acids is 1. The average Bonchev–Trinajstić information content (AvgIpc) is 3.02. The van der Waals surface area contributed by atoms with E-state index in [0.717, 1.165) is 5.69 Å². The summed E-state index contributed by atoms with van der Waals surface area (Å²) in [6, 6.07) is 16.1. The van der Waals surface area contributed by atoms with Crippen LogP contribution in [0.1, 0.15) is 37.0 Å². The van der Waals surface area contributed by atoms with Crippen molar-refractivity contribution in [3.8, 4) is 6.07 Å². The van der Waals surface area contributed by atoms with Crippen LogP contribution in [-0.4, -0.2) is 29.4 Å². The maximum Gasteiger partial charge on any atom is 0.225 e. The van der Waals surface area contributed by atoms with Crippen molar-refractivity contribution < 1.29 is 4.79 Å². The summed E-state index contributed by atoms with van der Waals surface area (Å²) in [6.45, 7) is 7.58. The van der Waals surface area contributed by atoms with Gasteiger partial charge in [0.2, 0.25) is 5.91 Å². The number of rotatable bonds is 5. The normalized spacial score (nSPS) is 16.7. The highest BCUT2D eigenvalue weighted by Crippen LogP contribution is 2.30. The Morgan fingerprint density at radius 1 is 1.30 bits per heavy atom. The fourth-order valence-electron chi connectivity index (χ4n) is 3.60. The van der Waals surface area contributed by atoms with Gasteiger partial charge in [0.15, 0.2) is 0 Å². The molecule has 1 aliphatic rings. The molecule has 0 unspecified atom stereocenters. The van der Waals surface area contributed by atoms with Crippen LogP contribution in [0.5, 0.6) is 0 Å². The molecule has 0 aliphatic carbocycles. The standard InChI is InChI=1S/C22H24ClN3O/c1-15(2)25-14-20(11-22(25)27)26(13-18-7-5-4-6-16(18)3)19-9-8-17(12-24)21(23)10-19/h4-10,15,20H,11,13-14H2,1-3H3/t20-/m0/s1. The molecular weight excluding hydrogens is 358 g/mol. The van der Waals surface area contributed by atoms with Crippen LogP contribution in [0.25, 0.3) is 0 Å². The predicted molar refractivity (Wildman–Crippen MR) is 109 cm³/mol. The number of aryl methyl sites for hydroxylation is 1. The van der Waals surface area contributed by atoms with E-state index in [1.165, 1.54) is 11.1 Å². The molecule has 1 aliphatic heterocycles. The van der Waals surface area contributed by atoms with Crippen molar-refractivity contribution in [1.29, 1.82) is 5.26 Å². The number of amides is 1. The van der Waals surface area contributed by atoms with E-state index in [9.17, 15) is 4.79 Å². The van der Waals surface area contributed by atoms with Crippen molar-refractivity contribution in [3.63, 3.8) is 0 Å². The average molecular weight is 382 g/mol. The Morgan fingerprint density at radius 3 is 2.63 bits per heavy atom. The molecule has 3 rings (SSSR count). The number of nitriles is 1. The number of likely N-dealkylation sites (tertiary alicyclic amines) is 1. The van der Waals surface area contributed by atoms with E-state index in [1.54, 1.807) is 6.07 Å². The van der Waals surface area contributed by atoms with Crippen molar-refractivity contribution in [2.45, 2.75) is 45.8 Å². The van der Waals surface area contributed by atoms with E-state index in [0.29, 0.717) is 30.1 Å². The van der Waals surface area contributed by atoms with Gasteiger partial charge in [-0.3, -0.25) is 4.79 Å². The Kier molecular flexibility index (Phi) is 5.72. The molecule has 0 aromatic heterocycles. The topological polar surface area (TPSA) is 47.3 Å². The lowest BCUT2D eigenvalue weighted by molar-refractivity contribution is -0.129. The van der Waals surface area contributed by atoms with Gasteiger partial charge >= 0.3 is 0 Å². The summed E-state index contributed by atoms with van der Waals surface area (Å²) in [5.41, 5.74) is 3.83. The van der Waals surface area contributed by atoms with Crippen molar-refractivity contribution >= 4 is 23.2 Å². The van der Waals surface area contributed by atoms with Gasteiger partial charge in [-0.25, -0.2) is 0 Å². The van der Waals surface area contributed by atoms with Crippen LogP contribution in [0.15, 0.2) is 42.5 Å². The predicted octanol–water partition coefficient (Wildman–Crippen LogP) is 4.54. The van der Waals surface area contributed by atoms with Crippen molar-refractivity contribution in [2.75, 3.05) is 11.4 Å². The fourth-order valence-corrected chi connectivity index (χ4v) is 3.81. The van der Waals surface area contributed by atoms with Gasteiger partial charge in [0.05, 0.1) is 16.6 Å². The van der Waals surface area contributed by atoms with Gasteiger partial charge in [0.25, 0.3) is 0 Å². The van der Waals surface area contributed by atoms with Gasteiger partial charge in [-0.1, -0.05) is 35.9 Å². The third kappa shape index (κ3) is 4.09. The van der Waals surface area contributed by atoms with Crippen LogP contribution in [0, 0.1) is 18.3 Å². The van der Waals surface area contributed by atoms with Crippen molar-refractivity contribution in [1.82, 2.24) is 4.90 Å². The molecule has 1 saturated heterocycles. The lowest BCUT2D eigenvalue weighted by Crippen LogP contribution is -2.39. The molecule has 1 atom stereocenters. The highest BCUT2D eigenvalue weighted by atomic mass is 35.5. The molecule has 2 aromatic carbocycles. The van der Waals surface area contributed by atoms with Crippen LogP contribution in [0.2, 0.25) is 5.02 Å². The molecule has 5 heteroatoms. The van der Waals surface area contributed by atoms with E-state index in [-0.39, 0.29) is 18.0 Å². The van der Waals surface area contributed by atoms with Crippen LogP contribution in [-0.2, 0) is 11.3 Å². The molecule has 1 fully saturated rings. The zero-order chi connectivity index (χ0) is 19.6. The lowest BCUT2D eigenvalue weighted by Gasteiger charge is -2.32. The summed E-state index contributed by atoms with van der Waals surface area (Å²) in [4.78, 5) is 16.7. The van der Waals surface area contributed by atoms with Crippen LogP contribution >= 0.6 is 11.6 Å². The van der Waals surface area contributed by atoms with Crippen molar-refractivity contribution in [3.05, 3.63) is 64.2 Å². The zero-order valence-corrected chi connectivity index (χ0v) is 16.7. The van der Waals surface area contributed by atoms with Gasteiger partial charge in [0.1, 0.15) is 6.07 Å². The summed E-state index contributed by atoms with van der Waals surface area (Å²) in [5, 5.41) is 9.60. The third-order valence-corrected chi connectivity index (χ3v) is 5.52. The number of hydrogen-bond acceptors (Lipinski definition) is 3. The molecule has 4 nitrogen and oxygen atoms in total. The van der Waals surface area contributed by atoms with Gasteiger partial charge in [-0.05, 0) is 50.1 Å². The SMILES string of the molecule is Cc1ccccc1CN(c1ccc(C#N)c(Cl)c1)[C@H]1CC(=O)N(C(C)C)C1. The molecule has 0 saturated carbocycles. The molecule has 1 heterocycles. The quantitative estimate of drug-likeness (QED) is 0.764. The smallest absolute Gasteiger partial charge is 0.225 e. The maximum atomic E-state index is 12.5. The summed E-state index contributed by atoms with van der Waals surface area (Å²) in [7, 11) is 0. The number of hydrogen-bond donors (Lipinski definition) is 0. The van der Waals surface area contributed by atoms with E-state index >= 15 is 0 Å². The first-order valence-electron chi connectivity index (χ1n) is 9.21. The molecule has 140 valence electrons. The first-order valence-corrected chi connectivity index (χ1v) is 9.58. The molecule has 0 bridgehead atoms. The second-order valence-corrected chi connectivity index (χ2v) is 7.74. The molecule has 2 aromatic rings. The number of benzene rings is 2. The number of nitrogens with zero attached hydrogens (tertiary/aromatic N) is 3. The van der Waals surface area contributed by atoms with E-state index in [1.807, 2.05) is 43.0 Å². The van der Waals surface area contributed by atoms with E-state index < -0.39 is 0 Å². The largest absolute Gasteiger partial charge is 0.362 e. The monoisotopic (exact) mass is 381 g/mol. The minimum Gasteiger partial charge on any atom is -0.362 e. The second kappa shape index (κ2) is 8.02. The number of halogens is 1. The van der Waals surface area contributed by atoms with Gasteiger partial charge in [-0.2, -0.15) is 5.26 Å².